The maximum Gasteiger partial charge on any atom is 0.416 e. The Bertz CT molecular complexity index is 821. The number of likely N-dealkylation sites (tertiary alicyclic amines) is 1. The number of alkyl halides is 3. The number of para-hydroxylation sites is 1. The monoisotopic (exact) mass is 391 g/mol. The van der Waals surface area contributed by atoms with Gasteiger partial charge in [0.2, 0.25) is 0 Å². The Labute approximate surface area is 162 Å². The van der Waals surface area contributed by atoms with Crippen LogP contribution < -0.4 is 10.0 Å². The van der Waals surface area contributed by atoms with Crippen molar-refractivity contribution in [2.75, 3.05) is 25.0 Å². The number of nitrogens with zero attached hydrogens (tertiary/aromatic N) is 2. The first kappa shape index (κ1) is 20.2. The molecule has 2 aromatic rings. The van der Waals surface area contributed by atoms with Crippen molar-refractivity contribution in [2.45, 2.75) is 31.5 Å². The van der Waals surface area contributed by atoms with Crippen molar-refractivity contribution in [3.8, 4) is 11.1 Å². The zero-order valence-electron chi connectivity index (χ0n) is 15.6. The van der Waals surface area contributed by atoms with E-state index in [0.29, 0.717) is 29.3 Å². The van der Waals surface area contributed by atoms with Crippen LogP contribution in [0.25, 0.3) is 11.1 Å². The van der Waals surface area contributed by atoms with Crippen molar-refractivity contribution < 1.29 is 23.1 Å². The molecule has 0 spiro atoms. The summed E-state index contributed by atoms with van der Waals surface area (Å²) in [5.74, 6) is 0. The van der Waals surface area contributed by atoms with Crippen molar-refractivity contribution in [3.63, 3.8) is 0 Å². The highest BCUT2D eigenvalue weighted by Gasteiger charge is 2.30. The van der Waals surface area contributed by atoms with Gasteiger partial charge < -0.3 is 19.7 Å². The molecule has 0 radical (unpaired) electrons. The van der Waals surface area contributed by atoms with E-state index in [1.165, 1.54) is 17.0 Å². The Hall–Kier alpha value is -2.54. The first-order chi connectivity index (χ1) is 13.3. The third kappa shape index (κ3) is 4.47. The third-order valence-electron chi connectivity index (χ3n) is 5.30. The summed E-state index contributed by atoms with van der Waals surface area (Å²) in [4.78, 5) is 15.2. The van der Waals surface area contributed by atoms with Crippen LogP contribution in [0.15, 0.2) is 48.5 Å². The normalized spacial score (nSPS) is 17.6. The molecule has 4 nitrogen and oxygen atoms in total. The Balaban J connectivity index is 1.87. The lowest BCUT2D eigenvalue weighted by atomic mass is 10.0. The zero-order valence-corrected chi connectivity index (χ0v) is 15.6. The van der Waals surface area contributed by atoms with Crippen LogP contribution in [0.4, 0.5) is 23.7 Å². The average molecular weight is 391 g/mol. The summed E-state index contributed by atoms with van der Waals surface area (Å²) < 4.78 is 38.5. The molecule has 2 aromatic carbocycles. The molecule has 1 aliphatic rings. The number of hydrogen-bond donors (Lipinski definition) is 0. The van der Waals surface area contributed by atoms with E-state index in [9.17, 15) is 23.1 Å². The molecule has 1 saturated heterocycles. The topological polar surface area (TPSA) is 46.6 Å². The lowest BCUT2D eigenvalue weighted by Gasteiger charge is -2.30. The van der Waals surface area contributed by atoms with Gasteiger partial charge in [-0.1, -0.05) is 30.3 Å². The molecule has 28 heavy (non-hydrogen) atoms. The number of amides is 1. The largest absolute Gasteiger partial charge is 0.530 e. The maximum atomic E-state index is 12.8. The predicted octanol–water partition coefficient (Wildman–Crippen LogP) is 4.01. The minimum atomic E-state index is -4.41. The van der Waals surface area contributed by atoms with Crippen molar-refractivity contribution in [1.29, 1.82) is 0 Å². The zero-order chi connectivity index (χ0) is 20.3. The molecule has 3 rings (SSSR count). The van der Waals surface area contributed by atoms with Gasteiger partial charge >= 0.3 is 6.18 Å². The van der Waals surface area contributed by atoms with Gasteiger partial charge in [-0.05, 0) is 56.6 Å². The minimum absolute atomic E-state index is 0.273. The molecule has 0 aliphatic carbocycles. The van der Waals surface area contributed by atoms with Crippen molar-refractivity contribution in [2.24, 2.45) is 0 Å². The maximum absolute atomic E-state index is 12.8. The second-order valence-electron chi connectivity index (χ2n) is 7.08. The third-order valence-corrected chi connectivity index (χ3v) is 5.30. The number of carbonyl (C=O) groups is 1. The van der Waals surface area contributed by atoms with Crippen molar-refractivity contribution in [3.05, 3.63) is 54.1 Å². The highest BCUT2D eigenvalue weighted by molar-refractivity contribution is 5.91. The number of anilines is 1. The van der Waals surface area contributed by atoms with Gasteiger partial charge in [0.15, 0.2) is 0 Å². The number of rotatable bonds is 5. The fourth-order valence-corrected chi connectivity index (χ4v) is 3.72. The number of benzene rings is 2. The van der Waals surface area contributed by atoms with Gasteiger partial charge in [-0.25, -0.2) is 0 Å². The van der Waals surface area contributed by atoms with Gasteiger partial charge in [0.05, 0.1) is 5.56 Å². The van der Waals surface area contributed by atoms with Crippen LogP contribution in [0, 0.1) is 0 Å². The fraction of sp³-hybridized carbons (Fsp3) is 0.381. The van der Waals surface area contributed by atoms with Crippen LogP contribution >= 0.6 is 0 Å². The van der Waals surface area contributed by atoms with Gasteiger partial charge in [-0.2, -0.15) is 13.2 Å². The minimum Gasteiger partial charge on any atom is -0.530 e. The van der Waals surface area contributed by atoms with Crippen LogP contribution in [-0.2, 0) is 6.18 Å². The molecule has 0 bridgehead atoms. The van der Waals surface area contributed by atoms with E-state index in [2.05, 4.69) is 4.90 Å². The average Bonchev–Trinajstić information content (AvgIpc) is 3.06. The summed E-state index contributed by atoms with van der Waals surface area (Å²) >= 11 is 0. The van der Waals surface area contributed by atoms with Gasteiger partial charge in [0.1, 0.15) is 6.09 Å². The van der Waals surface area contributed by atoms with E-state index >= 15 is 0 Å². The first-order valence-corrected chi connectivity index (χ1v) is 9.23. The van der Waals surface area contributed by atoms with Gasteiger partial charge in [-0.3, -0.25) is 0 Å². The van der Waals surface area contributed by atoms with Crippen LogP contribution in [0.3, 0.4) is 0 Å². The second-order valence-corrected chi connectivity index (χ2v) is 7.08. The standard InChI is InChI=1S/C21H23F3N2O2/c1-25-13-4-5-17(25)12-14-26(20(27)28)19-7-3-2-6-18(19)15-8-10-16(11-9-15)21(22,23)24/h2-3,6-11,17H,4-5,12-14H2,1H3,(H,27,28)/p-1. The molecule has 7 heteroatoms. The van der Waals surface area contributed by atoms with Crippen LogP contribution in [0.2, 0.25) is 0 Å². The van der Waals surface area contributed by atoms with E-state index in [-0.39, 0.29) is 6.54 Å². The Morgan fingerprint density at radius 3 is 2.43 bits per heavy atom. The molecule has 0 saturated carbocycles. The van der Waals surface area contributed by atoms with E-state index < -0.39 is 17.8 Å². The molecule has 0 aromatic heterocycles. The van der Waals surface area contributed by atoms with Gasteiger partial charge in [0, 0.05) is 23.8 Å². The van der Waals surface area contributed by atoms with E-state index in [4.69, 9.17) is 0 Å². The fourth-order valence-electron chi connectivity index (χ4n) is 3.72. The summed E-state index contributed by atoms with van der Waals surface area (Å²) in [6.07, 6.45) is -2.94. The lowest BCUT2D eigenvalue weighted by molar-refractivity contribution is -0.246. The molecular formula is C21H22F3N2O2-. The highest BCUT2D eigenvalue weighted by Crippen LogP contribution is 2.34. The summed E-state index contributed by atoms with van der Waals surface area (Å²) in [6.45, 7) is 1.27. The SMILES string of the molecule is CN1CCCC1CCN(C(=O)[O-])c1ccccc1-c1ccc(C(F)(F)F)cc1. The lowest BCUT2D eigenvalue weighted by Crippen LogP contribution is -2.43. The summed E-state index contributed by atoms with van der Waals surface area (Å²) in [5, 5.41) is 11.8. The number of halogens is 3. The molecule has 0 N–H and O–H groups in total. The van der Waals surface area contributed by atoms with Crippen LogP contribution in [0.1, 0.15) is 24.8 Å². The molecule has 1 atom stereocenters. The summed E-state index contributed by atoms with van der Waals surface area (Å²) in [5.41, 5.74) is 0.755. The Kier molecular flexibility index (Phi) is 5.93. The summed E-state index contributed by atoms with van der Waals surface area (Å²) in [6, 6.07) is 11.8. The number of carboxylic acid groups (broad SMARTS) is 1. The molecular weight excluding hydrogens is 369 g/mol. The quantitative estimate of drug-likeness (QED) is 0.774. The van der Waals surface area contributed by atoms with Crippen molar-refractivity contribution >= 4 is 11.8 Å². The first-order valence-electron chi connectivity index (χ1n) is 9.23. The molecule has 1 heterocycles. The summed E-state index contributed by atoms with van der Waals surface area (Å²) in [7, 11) is 2.02. The Morgan fingerprint density at radius 1 is 1.18 bits per heavy atom. The smallest absolute Gasteiger partial charge is 0.416 e. The molecule has 1 fully saturated rings. The number of hydrogen-bond acceptors (Lipinski definition) is 3. The van der Waals surface area contributed by atoms with Crippen LogP contribution in [-0.4, -0.2) is 37.2 Å². The second kappa shape index (κ2) is 8.22. The van der Waals surface area contributed by atoms with E-state index in [1.54, 1.807) is 24.3 Å². The van der Waals surface area contributed by atoms with Crippen LogP contribution in [0.5, 0.6) is 0 Å². The predicted molar refractivity (Wildman–Crippen MR) is 99.9 cm³/mol. The van der Waals surface area contributed by atoms with Gasteiger partial charge in [-0.15, -0.1) is 0 Å². The molecule has 1 unspecified atom stereocenters. The molecule has 1 amide bonds. The molecule has 150 valence electrons. The van der Waals surface area contributed by atoms with E-state index in [0.717, 1.165) is 31.5 Å². The number of carbonyl (C=O) groups excluding carboxylic acids is 1. The van der Waals surface area contributed by atoms with E-state index in [1.807, 2.05) is 7.05 Å². The van der Waals surface area contributed by atoms with Gasteiger partial charge in [0.25, 0.3) is 0 Å². The Morgan fingerprint density at radius 2 is 1.86 bits per heavy atom. The molecule has 1 aliphatic heterocycles. The van der Waals surface area contributed by atoms with Crippen molar-refractivity contribution in [1.82, 2.24) is 4.90 Å². The highest BCUT2D eigenvalue weighted by atomic mass is 19.4.